The number of aliphatic hydroxyl groups is 1. The summed E-state index contributed by atoms with van der Waals surface area (Å²) >= 11 is 0. The standard InChI is InChI=1S/C11H24N2O2/c1-4-11(3,8-12)10(15)13-7-9(2)5-6-14/h9,14H,4-8,12H2,1-3H3,(H,13,15). The van der Waals surface area contributed by atoms with Crippen molar-refractivity contribution in [3.05, 3.63) is 0 Å². The van der Waals surface area contributed by atoms with Crippen LogP contribution in [-0.4, -0.2) is 30.7 Å². The van der Waals surface area contributed by atoms with Gasteiger partial charge in [0.15, 0.2) is 0 Å². The first-order chi connectivity index (χ1) is 7.00. The number of hydrogen-bond donors (Lipinski definition) is 3. The van der Waals surface area contributed by atoms with Gasteiger partial charge in [0, 0.05) is 19.7 Å². The van der Waals surface area contributed by atoms with Gasteiger partial charge in [-0.25, -0.2) is 0 Å². The van der Waals surface area contributed by atoms with Crippen molar-refractivity contribution in [1.82, 2.24) is 5.32 Å². The highest BCUT2D eigenvalue weighted by Crippen LogP contribution is 2.19. The van der Waals surface area contributed by atoms with E-state index in [0.717, 1.165) is 6.42 Å². The van der Waals surface area contributed by atoms with Crippen LogP contribution in [0, 0.1) is 11.3 Å². The molecule has 0 saturated carbocycles. The zero-order valence-electron chi connectivity index (χ0n) is 10.0. The number of rotatable bonds is 7. The van der Waals surface area contributed by atoms with E-state index in [-0.39, 0.29) is 12.5 Å². The van der Waals surface area contributed by atoms with Crippen LogP contribution in [0.2, 0.25) is 0 Å². The third-order valence-electron chi connectivity index (χ3n) is 3.01. The Hall–Kier alpha value is -0.610. The average molecular weight is 216 g/mol. The predicted molar refractivity (Wildman–Crippen MR) is 61.3 cm³/mol. The Morgan fingerprint density at radius 2 is 2.20 bits per heavy atom. The molecule has 0 bridgehead atoms. The molecule has 0 aromatic heterocycles. The van der Waals surface area contributed by atoms with Crippen molar-refractivity contribution in [2.24, 2.45) is 17.1 Å². The Bertz CT molecular complexity index is 191. The van der Waals surface area contributed by atoms with E-state index in [2.05, 4.69) is 5.32 Å². The van der Waals surface area contributed by atoms with E-state index in [1.54, 1.807) is 0 Å². The monoisotopic (exact) mass is 216 g/mol. The Morgan fingerprint density at radius 3 is 2.60 bits per heavy atom. The van der Waals surface area contributed by atoms with Gasteiger partial charge in [0.05, 0.1) is 5.41 Å². The first kappa shape index (κ1) is 14.4. The van der Waals surface area contributed by atoms with Gasteiger partial charge >= 0.3 is 0 Å². The molecule has 90 valence electrons. The first-order valence-electron chi connectivity index (χ1n) is 5.59. The van der Waals surface area contributed by atoms with E-state index in [4.69, 9.17) is 10.8 Å². The quantitative estimate of drug-likeness (QED) is 0.580. The van der Waals surface area contributed by atoms with Crippen LogP contribution in [0.4, 0.5) is 0 Å². The number of aliphatic hydroxyl groups excluding tert-OH is 1. The number of hydrogen-bond acceptors (Lipinski definition) is 3. The number of carbonyl (C=O) groups excluding carboxylic acids is 1. The minimum atomic E-state index is -0.459. The van der Waals surface area contributed by atoms with Gasteiger partial charge in [0.2, 0.25) is 5.91 Å². The third-order valence-corrected chi connectivity index (χ3v) is 3.01. The Morgan fingerprint density at radius 1 is 1.60 bits per heavy atom. The van der Waals surface area contributed by atoms with Crippen LogP contribution in [0.25, 0.3) is 0 Å². The highest BCUT2D eigenvalue weighted by atomic mass is 16.3. The Labute approximate surface area is 92.2 Å². The Kier molecular flexibility index (Phi) is 6.52. The number of nitrogens with two attached hydrogens (primary N) is 1. The lowest BCUT2D eigenvalue weighted by molar-refractivity contribution is -0.130. The maximum Gasteiger partial charge on any atom is 0.227 e. The molecule has 2 unspecified atom stereocenters. The predicted octanol–water partition coefficient (Wildman–Crippen LogP) is 0.496. The SMILES string of the molecule is CCC(C)(CN)C(=O)NCC(C)CCO. The summed E-state index contributed by atoms with van der Waals surface area (Å²) in [6.45, 7) is 6.97. The highest BCUT2D eigenvalue weighted by Gasteiger charge is 2.29. The van der Waals surface area contributed by atoms with E-state index >= 15 is 0 Å². The van der Waals surface area contributed by atoms with Crippen LogP contribution in [-0.2, 0) is 4.79 Å². The molecule has 15 heavy (non-hydrogen) atoms. The average Bonchev–Trinajstić information content (AvgIpc) is 2.25. The molecular formula is C11H24N2O2. The van der Waals surface area contributed by atoms with Crippen molar-refractivity contribution >= 4 is 5.91 Å². The molecule has 2 atom stereocenters. The van der Waals surface area contributed by atoms with Crippen LogP contribution in [0.3, 0.4) is 0 Å². The van der Waals surface area contributed by atoms with Crippen molar-refractivity contribution in [2.45, 2.75) is 33.6 Å². The molecule has 1 amide bonds. The van der Waals surface area contributed by atoms with Crippen LogP contribution in [0.15, 0.2) is 0 Å². The van der Waals surface area contributed by atoms with E-state index in [0.29, 0.717) is 25.4 Å². The third kappa shape index (κ3) is 4.62. The molecule has 0 aliphatic heterocycles. The van der Waals surface area contributed by atoms with Crippen molar-refractivity contribution in [2.75, 3.05) is 19.7 Å². The fraction of sp³-hybridized carbons (Fsp3) is 0.909. The molecule has 4 N–H and O–H groups in total. The van der Waals surface area contributed by atoms with Crippen LogP contribution >= 0.6 is 0 Å². The summed E-state index contributed by atoms with van der Waals surface area (Å²) in [5, 5.41) is 11.6. The molecule has 0 rings (SSSR count). The topological polar surface area (TPSA) is 75.4 Å². The molecule has 4 nitrogen and oxygen atoms in total. The lowest BCUT2D eigenvalue weighted by Crippen LogP contribution is -2.44. The molecule has 0 heterocycles. The smallest absolute Gasteiger partial charge is 0.227 e. The molecule has 0 aliphatic carbocycles. The van der Waals surface area contributed by atoms with E-state index < -0.39 is 5.41 Å². The molecule has 0 fully saturated rings. The van der Waals surface area contributed by atoms with Gasteiger partial charge in [-0.15, -0.1) is 0 Å². The zero-order chi connectivity index (χ0) is 11.9. The lowest BCUT2D eigenvalue weighted by atomic mass is 9.86. The fourth-order valence-corrected chi connectivity index (χ4v) is 1.20. The molecule has 0 aliphatic rings. The maximum absolute atomic E-state index is 11.8. The van der Waals surface area contributed by atoms with Crippen molar-refractivity contribution in [3.8, 4) is 0 Å². The highest BCUT2D eigenvalue weighted by molar-refractivity contribution is 5.82. The van der Waals surface area contributed by atoms with Crippen LogP contribution < -0.4 is 11.1 Å². The summed E-state index contributed by atoms with van der Waals surface area (Å²) in [5.41, 5.74) is 5.12. The van der Waals surface area contributed by atoms with Crippen LogP contribution in [0.1, 0.15) is 33.6 Å². The van der Waals surface area contributed by atoms with E-state index in [1.165, 1.54) is 0 Å². The van der Waals surface area contributed by atoms with Gasteiger partial charge in [0.25, 0.3) is 0 Å². The Balaban J connectivity index is 4.02. The zero-order valence-corrected chi connectivity index (χ0v) is 10.0. The number of carbonyl (C=O) groups is 1. The minimum absolute atomic E-state index is 0.0114. The molecule has 0 aromatic rings. The van der Waals surface area contributed by atoms with Gasteiger partial charge < -0.3 is 16.2 Å². The molecule has 0 saturated heterocycles. The van der Waals surface area contributed by atoms with Crippen molar-refractivity contribution < 1.29 is 9.90 Å². The molecule has 0 radical (unpaired) electrons. The van der Waals surface area contributed by atoms with Gasteiger partial charge in [0.1, 0.15) is 0 Å². The van der Waals surface area contributed by atoms with Gasteiger partial charge in [-0.1, -0.05) is 13.8 Å². The normalized spacial score (nSPS) is 16.9. The molecule has 0 spiro atoms. The largest absolute Gasteiger partial charge is 0.396 e. The van der Waals surface area contributed by atoms with Gasteiger partial charge in [-0.05, 0) is 25.7 Å². The summed E-state index contributed by atoms with van der Waals surface area (Å²) in [4.78, 5) is 11.8. The second kappa shape index (κ2) is 6.80. The molecular weight excluding hydrogens is 192 g/mol. The van der Waals surface area contributed by atoms with E-state index in [1.807, 2.05) is 20.8 Å². The van der Waals surface area contributed by atoms with Crippen molar-refractivity contribution in [3.63, 3.8) is 0 Å². The number of amides is 1. The summed E-state index contributed by atoms with van der Waals surface area (Å²) in [5.74, 6) is 0.315. The molecule has 4 heteroatoms. The molecule has 0 aromatic carbocycles. The number of nitrogens with one attached hydrogen (secondary N) is 1. The summed E-state index contributed by atoms with van der Waals surface area (Å²) in [7, 11) is 0. The second-order valence-electron chi connectivity index (χ2n) is 4.45. The van der Waals surface area contributed by atoms with Crippen molar-refractivity contribution in [1.29, 1.82) is 0 Å². The lowest BCUT2D eigenvalue weighted by Gasteiger charge is -2.25. The summed E-state index contributed by atoms with van der Waals surface area (Å²) < 4.78 is 0. The van der Waals surface area contributed by atoms with E-state index in [9.17, 15) is 4.79 Å². The van der Waals surface area contributed by atoms with Gasteiger partial charge in [-0.2, -0.15) is 0 Å². The summed E-state index contributed by atoms with van der Waals surface area (Å²) in [6, 6.07) is 0. The summed E-state index contributed by atoms with van der Waals surface area (Å²) in [6.07, 6.45) is 1.45. The maximum atomic E-state index is 11.8. The fourth-order valence-electron chi connectivity index (χ4n) is 1.20. The first-order valence-corrected chi connectivity index (χ1v) is 5.59. The van der Waals surface area contributed by atoms with Crippen LogP contribution in [0.5, 0.6) is 0 Å². The second-order valence-corrected chi connectivity index (χ2v) is 4.45. The minimum Gasteiger partial charge on any atom is -0.396 e. The van der Waals surface area contributed by atoms with Gasteiger partial charge in [-0.3, -0.25) is 4.79 Å².